The van der Waals surface area contributed by atoms with Crippen LogP contribution in [0.15, 0.2) is 24.8 Å². The first-order valence-electron chi connectivity index (χ1n) is 4.01. The highest BCUT2D eigenvalue weighted by atomic mass is 16.5. The number of nitrogens with two attached hydrogens (primary N) is 2. The Morgan fingerprint density at radius 2 is 2.15 bits per heavy atom. The maximum Gasteiger partial charge on any atom is 0.121 e. The quantitative estimate of drug-likeness (QED) is 0.545. The van der Waals surface area contributed by atoms with Gasteiger partial charge in [0.05, 0.1) is 18.5 Å². The Kier molecular flexibility index (Phi) is 2.80. The summed E-state index contributed by atoms with van der Waals surface area (Å²) in [5.74, 6) is 0.726. The zero-order valence-corrected chi connectivity index (χ0v) is 7.71. The highest BCUT2D eigenvalue weighted by molar-refractivity contribution is 5.70. The molecule has 0 aliphatic carbocycles. The maximum absolute atomic E-state index is 5.76. The lowest BCUT2D eigenvalue weighted by Crippen LogP contribution is -2.00. The first-order valence-corrected chi connectivity index (χ1v) is 4.01. The van der Waals surface area contributed by atoms with Gasteiger partial charge in [0.25, 0.3) is 0 Å². The van der Waals surface area contributed by atoms with E-state index in [1.54, 1.807) is 19.3 Å². The van der Waals surface area contributed by atoms with Crippen LogP contribution >= 0.6 is 0 Å². The Morgan fingerprint density at radius 3 is 2.69 bits per heavy atom. The predicted octanol–water partition coefficient (Wildman–Crippen LogP) is 1.59. The Hall–Kier alpha value is -1.64. The molecule has 13 heavy (non-hydrogen) atoms. The van der Waals surface area contributed by atoms with Gasteiger partial charge >= 0.3 is 0 Å². The van der Waals surface area contributed by atoms with Crippen molar-refractivity contribution in [1.82, 2.24) is 0 Å². The highest BCUT2D eigenvalue weighted by Gasteiger charge is 2.04. The van der Waals surface area contributed by atoms with Crippen molar-refractivity contribution in [3.63, 3.8) is 0 Å². The maximum atomic E-state index is 5.76. The van der Waals surface area contributed by atoms with Crippen molar-refractivity contribution in [1.29, 1.82) is 0 Å². The van der Waals surface area contributed by atoms with Crippen LogP contribution in [0.2, 0.25) is 0 Å². The van der Waals surface area contributed by atoms with Crippen LogP contribution in [-0.2, 0) is 6.42 Å². The highest BCUT2D eigenvalue weighted by Crippen LogP contribution is 2.27. The molecular formula is C10H14N2O. The number of nitrogen functional groups attached to an aromatic ring is 2. The van der Waals surface area contributed by atoms with Crippen LogP contribution < -0.4 is 16.2 Å². The fourth-order valence-corrected chi connectivity index (χ4v) is 1.15. The van der Waals surface area contributed by atoms with Gasteiger partial charge in [0.15, 0.2) is 0 Å². The van der Waals surface area contributed by atoms with E-state index >= 15 is 0 Å². The molecule has 0 aromatic heterocycles. The number of ether oxygens (including phenoxy) is 1. The molecule has 3 nitrogen and oxygen atoms in total. The van der Waals surface area contributed by atoms with Crippen LogP contribution in [0.5, 0.6) is 5.75 Å². The van der Waals surface area contributed by atoms with E-state index in [1.807, 2.05) is 6.07 Å². The summed E-state index contributed by atoms with van der Waals surface area (Å²) in [6.07, 6.45) is 2.48. The fourth-order valence-electron chi connectivity index (χ4n) is 1.15. The predicted molar refractivity (Wildman–Crippen MR) is 55.7 cm³/mol. The molecule has 0 radical (unpaired) electrons. The van der Waals surface area contributed by atoms with Crippen molar-refractivity contribution < 1.29 is 4.74 Å². The average molecular weight is 178 g/mol. The van der Waals surface area contributed by atoms with E-state index in [0.717, 1.165) is 11.3 Å². The van der Waals surface area contributed by atoms with E-state index in [9.17, 15) is 0 Å². The molecule has 1 aromatic rings. The Bertz CT molecular complexity index is 321. The molecule has 3 heteroatoms. The van der Waals surface area contributed by atoms with E-state index in [0.29, 0.717) is 17.8 Å². The SMILES string of the molecule is C=CCc1cc(OC)cc(N)c1N. The van der Waals surface area contributed by atoms with Gasteiger partial charge < -0.3 is 16.2 Å². The van der Waals surface area contributed by atoms with Crippen LogP contribution in [-0.4, -0.2) is 7.11 Å². The minimum atomic E-state index is 0.552. The molecule has 70 valence electrons. The first-order chi connectivity index (χ1) is 6.19. The summed E-state index contributed by atoms with van der Waals surface area (Å²) < 4.78 is 5.07. The molecule has 0 amide bonds. The summed E-state index contributed by atoms with van der Waals surface area (Å²) >= 11 is 0. The largest absolute Gasteiger partial charge is 0.497 e. The number of anilines is 2. The van der Waals surface area contributed by atoms with Gasteiger partial charge in [-0.15, -0.1) is 6.58 Å². The summed E-state index contributed by atoms with van der Waals surface area (Å²) in [6, 6.07) is 3.58. The third-order valence-electron chi connectivity index (χ3n) is 1.87. The molecule has 0 saturated heterocycles. The standard InChI is InChI=1S/C10H14N2O/c1-3-4-7-5-8(13-2)6-9(11)10(7)12/h3,5-6H,1,4,11-12H2,2H3. The van der Waals surface area contributed by atoms with E-state index in [4.69, 9.17) is 16.2 Å². The number of allylic oxidation sites excluding steroid dienone is 1. The molecule has 0 heterocycles. The minimum Gasteiger partial charge on any atom is -0.497 e. The molecule has 0 aliphatic heterocycles. The molecule has 0 saturated carbocycles. The zero-order valence-electron chi connectivity index (χ0n) is 7.71. The van der Waals surface area contributed by atoms with Crippen LogP contribution in [0.25, 0.3) is 0 Å². The second kappa shape index (κ2) is 3.85. The van der Waals surface area contributed by atoms with Crippen molar-refractivity contribution in [3.8, 4) is 5.75 Å². The number of hydrogen-bond acceptors (Lipinski definition) is 3. The normalized spacial score (nSPS) is 9.62. The average Bonchev–Trinajstić information content (AvgIpc) is 2.13. The zero-order chi connectivity index (χ0) is 9.84. The molecule has 0 bridgehead atoms. The number of benzene rings is 1. The molecule has 0 atom stereocenters. The third kappa shape index (κ3) is 1.93. The molecule has 0 unspecified atom stereocenters. The van der Waals surface area contributed by atoms with Crippen LogP contribution in [0, 0.1) is 0 Å². The molecule has 1 aromatic carbocycles. The van der Waals surface area contributed by atoms with E-state index < -0.39 is 0 Å². The Morgan fingerprint density at radius 1 is 1.46 bits per heavy atom. The number of hydrogen-bond donors (Lipinski definition) is 2. The number of methoxy groups -OCH3 is 1. The molecule has 0 fully saturated rings. The summed E-state index contributed by atoms with van der Waals surface area (Å²) in [4.78, 5) is 0. The van der Waals surface area contributed by atoms with Gasteiger partial charge in [-0.05, 0) is 18.1 Å². The summed E-state index contributed by atoms with van der Waals surface area (Å²) in [6.45, 7) is 3.65. The lowest BCUT2D eigenvalue weighted by atomic mass is 10.1. The summed E-state index contributed by atoms with van der Waals surface area (Å²) in [5.41, 5.74) is 13.6. The van der Waals surface area contributed by atoms with E-state index in [1.165, 1.54) is 0 Å². The number of rotatable bonds is 3. The van der Waals surface area contributed by atoms with Crippen LogP contribution in [0.4, 0.5) is 11.4 Å². The van der Waals surface area contributed by atoms with Crippen molar-refractivity contribution in [3.05, 3.63) is 30.4 Å². The smallest absolute Gasteiger partial charge is 0.121 e. The monoisotopic (exact) mass is 178 g/mol. The molecule has 4 N–H and O–H groups in total. The topological polar surface area (TPSA) is 61.3 Å². The van der Waals surface area contributed by atoms with Gasteiger partial charge in [0.2, 0.25) is 0 Å². The van der Waals surface area contributed by atoms with Gasteiger partial charge in [-0.1, -0.05) is 6.08 Å². The van der Waals surface area contributed by atoms with Gasteiger partial charge in [0.1, 0.15) is 5.75 Å². The molecular weight excluding hydrogens is 164 g/mol. The first kappa shape index (κ1) is 9.45. The van der Waals surface area contributed by atoms with Crippen molar-refractivity contribution in [2.45, 2.75) is 6.42 Å². The Balaban J connectivity index is 3.15. The second-order valence-electron chi connectivity index (χ2n) is 2.78. The van der Waals surface area contributed by atoms with Gasteiger partial charge in [0, 0.05) is 6.07 Å². The van der Waals surface area contributed by atoms with E-state index in [-0.39, 0.29) is 0 Å². The van der Waals surface area contributed by atoms with Crippen molar-refractivity contribution >= 4 is 11.4 Å². The summed E-state index contributed by atoms with van der Waals surface area (Å²) in [5, 5.41) is 0. The molecule has 0 aliphatic rings. The lowest BCUT2D eigenvalue weighted by Gasteiger charge is -2.09. The van der Waals surface area contributed by atoms with E-state index in [2.05, 4.69) is 6.58 Å². The van der Waals surface area contributed by atoms with Gasteiger partial charge in [-0.3, -0.25) is 0 Å². The summed E-state index contributed by atoms with van der Waals surface area (Å²) in [7, 11) is 1.60. The van der Waals surface area contributed by atoms with Crippen LogP contribution in [0.1, 0.15) is 5.56 Å². The van der Waals surface area contributed by atoms with Crippen LogP contribution in [0.3, 0.4) is 0 Å². The third-order valence-corrected chi connectivity index (χ3v) is 1.87. The molecule has 0 spiro atoms. The molecule has 1 rings (SSSR count). The fraction of sp³-hybridized carbons (Fsp3) is 0.200. The van der Waals surface area contributed by atoms with Crippen molar-refractivity contribution in [2.24, 2.45) is 0 Å². The van der Waals surface area contributed by atoms with Gasteiger partial charge in [-0.2, -0.15) is 0 Å². The lowest BCUT2D eigenvalue weighted by molar-refractivity contribution is 0.414. The van der Waals surface area contributed by atoms with Crippen molar-refractivity contribution in [2.75, 3.05) is 18.6 Å². The second-order valence-corrected chi connectivity index (χ2v) is 2.78. The minimum absolute atomic E-state index is 0.552. The Labute approximate surface area is 78.0 Å². The van der Waals surface area contributed by atoms with Gasteiger partial charge in [-0.25, -0.2) is 0 Å².